The second-order valence-corrected chi connectivity index (χ2v) is 3.48. The molecule has 0 spiro atoms. The van der Waals surface area contributed by atoms with Gasteiger partial charge < -0.3 is 5.73 Å². The Morgan fingerprint density at radius 2 is 2.14 bits per heavy atom. The molecule has 2 N–H and O–H groups in total. The number of nitrogens with two attached hydrogens (primary N) is 1. The first-order valence-corrected chi connectivity index (χ1v) is 4.85. The third-order valence-electron chi connectivity index (χ3n) is 2.28. The van der Waals surface area contributed by atoms with Crippen LogP contribution in [0.1, 0.15) is 18.9 Å². The summed E-state index contributed by atoms with van der Waals surface area (Å²) in [7, 11) is 0. The van der Waals surface area contributed by atoms with Crippen LogP contribution >= 0.6 is 0 Å². The van der Waals surface area contributed by atoms with Crippen LogP contribution in [0.2, 0.25) is 0 Å². The Morgan fingerprint density at radius 1 is 1.50 bits per heavy atom. The SMILES string of the molecule is CC(CCN)C(=O)Cc1ccncc1. The number of nitrogens with zero attached hydrogens (tertiary/aromatic N) is 1. The monoisotopic (exact) mass is 192 g/mol. The highest BCUT2D eigenvalue weighted by atomic mass is 16.1. The van der Waals surface area contributed by atoms with Gasteiger partial charge in [0.05, 0.1) is 0 Å². The van der Waals surface area contributed by atoms with Gasteiger partial charge in [0.1, 0.15) is 5.78 Å². The number of aromatic nitrogens is 1. The van der Waals surface area contributed by atoms with Crippen molar-refractivity contribution in [2.24, 2.45) is 11.7 Å². The lowest BCUT2D eigenvalue weighted by molar-refractivity contribution is -0.121. The predicted molar refractivity (Wildman–Crippen MR) is 55.8 cm³/mol. The molecule has 0 aliphatic heterocycles. The third-order valence-corrected chi connectivity index (χ3v) is 2.28. The number of hydrogen-bond donors (Lipinski definition) is 1. The lowest BCUT2D eigenvalue weighted by Crippen LogP contribution is -2.17. The van der Waals surface area contributed by atoms with Crippen LogP contribution in [0.5, 0.6) is 0 Å². The lowest BCUT2D eigenvalue weighted by atomic mass is 9.97. The summed E-state index contributed by atoms with van der Waals surface area (Å²) in [5, 5.41) is 0. The lowest BCUT2D eigenvalue weighted by Gasteiger charge is -2.08. The van der Waals surface area contributed by atoms with Gasteiger partial charge in [0.2, 0.25) is 0 Å². The van der Waals surface area contributed by atoms with Crippen molar-refractivity contribution in [3.05, 3.63) is 30.1 Å². The van der Waals surface area contributed by atoms with Crippen molar-refractivity contribution in [2.45, 2.75) is 19.8 Å². The van der Waals surface area contributed by atoms with Gasteiger partial charge in [-0.1, -0.05) is 6.92 Å². The molecule has 1 heterocycles. The second kappa shape index (κ2) is 5.50. The van der Waals surface area contributed by atoms with Crippen LogP contribution in [0.25, 0.3) is 0 Å². The molecule has 1 unspecified atom stereocenters. The summed E-state index contributed by atoms with van der Waals surface area (Å²) in [5.74, 6) is 0.315. The first-order chi connectivity index (χ1) is 6.74. The Labute approximate surface area is 84.3 Å². The van der Waals surface area contributed by atoms with E-state index in [1.807, 2.05) is 19.1 Å². The van der Waals surface area contributed by atoms with Crippen LogP contribution in [0, 0.1) is 5.92 Å². The van der Waals surface area contributed by atoms with E-state index in [1.54, 1.807) is 12.4 Å². The Morgan fingerprint density at radius 3 is 2.71 bits per heavy atom. The molecule has 0 fully saturated rings. The Kier molecular flexibility index (Phi) is 4.26. The molecule has 0 amide bonds. The minimum atomic E-state index is 0.0631. The van der Waals surface area contributed by atoms with Crippen LogP contribution in [0.3, 0.4) is 0 Å². The quantitative estimate of drug-likeness (QED) is 0.762. The predicted octanol–water partition coefficient (Wildman–Crippen LogP) is 1.18. The van der Waals surface area contributed by atoms with Gasteiger partial charge in [0.25, 0.3) is 0 Å². The van der Waals surface area contributed by atoms with E-state index in [0.29, 0.717) is 13.0 Å². The van der Waals surface area contributed by atoms with Crippen LogP contribution in [0.15, 0.2) is 24.5 Å². The maximum atomic E-state index is 11.6. The molecular weight excluding hydrogens is 176 g/mol. The summed E-state index contributed by atoms with van der Waals surface area (Å²) >= 11 is 0. The molecule has 0 saturated carbocycles. The van der Waals surface area contributed by atoms with Gasteiger partial charge in [0.15, 0.2) is 0 Å². The molecule has 1 rings (SSSR count). The number of carbonyl (C=O) groups is 1. The van der Waals surface area contributed by atoms with Gasteiger partial charge in [-0.3, -0.25) is 9.78 Å². The van der Waals surface area contributed by atoms with Gasteiger partial charge in [-0.25, -0.2) is 0 Å². The number of ketones is 1. The number of rotatable bonds is 5. The average molecular weight is 192 g/mol. The fourth-order valence-electron chi connectivity index (χ4n) is 1.29. The number of pyridine rings is 1. The molecule has 76 valence electrons. The Hall–Kier alpha value is -1.22. The van der Waals surface area contributed by atoms with E-state index < -0.39 is 0 Å². The van der Waals surface area contributed by atoms with Crippen molar-refractivity contribution < 1.29 is 4.79 Å². The summed E-state index contributed by atoms with van der Waals surface area (Å²) in [6.45, 7) is 2.50. The van der Waals surface area contributed by atoms with E-state index in [9.17, 15) is 4.79 Å². The molecule has 14 heavy (non-hydrogen) atoms. The van der Waals surface area contributed by atoms with Crippen molar-refractivity contribution in [2.75, 3.05) is 6.54 Å². The van der Waals surface area contributed by atoms with Gasteiger partial charge in [-0.2, -0.15) is 0 Å². The van der Waals surface area contributed by atoms with Crippen molar-refractivity contribution >= 4 is 5.78 Å². The average Bonchev–Trinajstić information content (AvgIpc) is 2.19. The van der Waals surface area contributed by atoms with E-state index in [2.05, 4.69) is 4.98 Å². The number of hydrogen-bond acceptors (Lipinski definition) is 3. The smallest absolute Gasteiger partial charge is 0.140 e. The number of carbonyl (C=O) groups excluding carboxylic acids is 1. The zero-order chi connectivity index (χ0) is 10.4. The van der Waals surface area contributed by atoms with Crippen LogP contribution in [-0.2, 0) is 11.2 Å². The molecule has 0 saturated heterocycles. The normalized spacial score (nSPS) is 12.4. The summed E-state index contributed by atoms with van der Waals surface area (Å²) < 4.78 is 0. The van der Waals surface area contributed by atoms with Gasteiger partial charge in [-0.15, -0.1) is 0 Å². The van der Waals surface area contributed by atoms with E-state index in [1.165, 1.54) is 0 Å². The molecule has 1 aromatic heterocycles. The summed E-state index contributed by atoms with van der Waals surface area (Å²) in [5.41, 5.74) is 6.42. The maximum absolute atomic E-state index is 11.6. The van der Waals surface area contributed by atoms with E-state index in [4.69, 9.17) is 5.73 Å². The van der Waals surface area contributed by atoms with E-state index >= 15 is 0 Å². The number of Topliss-reactive ketones (excluding diaryl/α,β-unsaturated/α-hetero) is 1. The second-order valence-electron chi connectivity index (χ2n) is 3.48. The first kappa shape index (κ1) is 10.9. The molecule has 0 aliphatic rings. The standard InChI is InChI=1S/C11H16N2O/c1-9(2-5-12)11(14)8-10-3-6-13-7-4-10/h3-4,6-7,9H,2,5,8,12H2,1H3. The van der Waals surface area contributed by atoms with Gasteiger partial charge in [0, 0.05) is 24.7 Å². The Bertz CT molecular complexity index is 285. The highest BCUT2D eigenvalue weighted by molar-refractivity contribution is 5.82. The summed E-state index contributed by atoms with van der Waals surface area (Å²) in [4.78, 5) is 15.5. The third kappa shape index (κ3) is 3.26. The zero-order valence-electron chi connectivity index (χ0n) is 8.44. The fraction of sp³-hybridized carbons (Fsp3) is 0.455. The minimum Gasteiger partial charge on any atom is -0.330 e. The van der Waals surface area contributed by atoms with Crippen LogP contribution in [0.4, 0.5) is 0 Å². The Balaban J connectivity index is 2.49. The topological polar surface area (TPSA) is 56.0 Å². The molecule has 0 radical (unpaired) electrons. The molecule has 0 bridgehead atoms. The summed E-state index contributed by atoms with van der Waals surface area (Å²) in [6, 6.07) is 3.74. The van der Waals surface area contributed by atoms with Crippen LogP contribution in [-0.4, -0.2) is 17.3 Å². The largest absolute Gasteiger partial charge is 0.330 e. The summed E-state index contributed by atoms with van der Waals surface area (Å²) in [6.07, 6.45) is 4.67. The minimum absolute atomic E-state index is 0.0631. The first-order valence-electron chi connectivity index (χ1n) is 4.85. The van der Waals surface area contributed by atoms with Crippen molar-refractivity contribution in [1.82, 2.24) is 4.98 Å². The molecule has 1 atom stereocenters. The molecule has 3 heteroatoms. The molecule has 1 aromatic rings. The van der Waals surface area contributed by atoms with Gasteiger partial charge >= 0.3 is 0 Å². The zero-order valence-corrected chi connectivity index (χ0v) is 8.44. The molecular formula is C11H16N2O. The maximum Gasteiger partial charge on any atom is 0.140 e. The van der Waals surface area contributed by atoms with Gasteiger partial charge in [-0.05, 0) is 30.7 Å². The van der Waals surface area contributed by atoms with Crippen LogP contribution < -0.4 is 5.73 Å². The molecule has 3 nitrogen and oxygen atoms in total. The van der Waals surface area contributed by atoms with E-state index in [-0.39, 0.29) is 11.7 Å². The highest BCUT2D eigenvalue weighted by Crippen LogP contribution is 2.07. The van der Waals surface area contributed by atoms with Crippen molar-refractivity contribution in [1.29, 1.82) is 0 Å². The van der Waals surface area contributed by atoms with E-state index in [0.717, 1.165) is 12.0 Å². The molecule has 0 aliphatic carbocycles. The van der Waals surface area contributed by atoms with Crippen molar-refractivity contribution in [3.8, 4) is 0 Å². The molecule has 0 aromatic carbocycles. The fourth-order valence-corrected chi connectivity index (χ4v) is 1.29. The van der Waals surface area contributed by atoms with Crippen molar-refractivity contribution in [3.63, 3.8) is 0 Å². The highest BCUT2D eigenvalue weighted by Gasteiger charge is 2.11.